The molecule has 1 aliphatic heterocycles. The molecular weight excluding hydrogens is 440 g/mol. The number of amides is 1. The predicted molar refractivity (Wildman–Crippen MR) is 134 cm³/mol. The number of carbonyl (C=O) groups excluding carboxylic acids is 2. The second kappa shape index (κ2) is 8.83. The number of hydrogen-bond acceptors (Lipinski definition) is 5. The molecule has 0 radical (unpaired) electrons. The number of para-hydroxylation sites is 1. The number of fused-ring (bicyclic) bond motifs is 4. The second-order valence-corrected chi connectivity index (χ2v) is 8.99. The van der Waals surface area contributed by atoms with Gasteiger partial charge in [-0.25, -0.2) is 4.98 Å². The molecule has 7 heteroatoms. The fourth-order valence-corrected chi connectivity index (χ4v) is 4.95. The topological polar surface area (TPSA) is 88.2 Å². The molecule has 5 aromatic rings. The lowest BCUT2D eigenvalue weighted by Crippen LogP contribution is -2.42. The summed E-state index contributed by atoms with van der Waals surface area (Å²) in [5.41, 5.74) is 3.10. The zero-order valence-corrected chi connectivity index (χ0v) is 19.1. The summed E-state index contributed by atoms with van der Waals surface area (Å²) in [5, 5.41) is 10.9. The zero-order chi connectivity index (χ0) is 23.8. The Morgan fingerprint density at radius 3 is 2.69 bits per heavy atom. The van der Waals surface area contributed by atoms with Crippen LogP contribution in [0.25, 0.3) is 32.6 Å². The van der Waals surface area contributed by atoms with Crippen molar-refractivity contribution in [1.29, 1.82) is 0 Å². The summed E-state index contributed by atoms with van der Waals surface area (Å²) in [4.78, 5) is 32.7. The summed E-state index contributed by atoms with van der Waals surface area (Å²) in [5.74, 6) is -0.711. The molecule has 0 spiro atoms. The molecule has 174 valence electrons. The minimum atomic E-state index is -0.350. The number of nitrogens with zero attached hydrogens (tertiary/aromatic N) is 3. The van der Waals surface area contributed by atoms with E-state index in [4.69, 9.17) is 9.72 Å². The van der Waals surface area contributed by atoms with Crippen molar-refractivity contribution in [2.75, 3.05) is 13.1 Å². The lowest BCUT2D eigenvalue weighted by atomic mass is 9.97. The second-order valence-electron chi connectivity index (χ2n) is 8.99. The Bertz CT molecular complexity index is 1570. The number of aromatic nitrogens is 3. The highest BCUT2D eigenvalue weighted by Crippen LogP contribution is 2.27. The van der Waals surface area contributed by atoms with E-state index in [2.05, 4.69) is 22.3 Å². The third kappa shape index (κ3) is 3.99. The van der Waals surface area contributed by atoms with Gasteiger partial charge in [-0.15, -0.1) is 0 Å². The molecule has 0 bridgehead atoms. The van der Waals surface area contributed by atoms with Crippen LogP contribution in [-0.2, 0) is 16.1 Å². The van der Waals surface area contributed by atoms with Crippen molar-refractivity contribution in [2.24, 2.45) is 5.92 Å². The molecular formula is C28H24N4O3. The first-order chi connectivity index (χ1) is 17.2. The van der Waals surface area contributed by atoms with E-state index in [0.717, 1.165) is 44.7 Å². The minimum absolute atomic E-state index is 0.0761. The van der Waals surface area contributed by atoms with Crippen LogP contribution < -0.4 is 0 Å². The summed E-state index contributed by atoms with van der Waals surface area (Å²) in [6, 6.07) is 21.5. The highest BCUT2D eigenvalue weighted by molar-refractivity contribution is 6.06. The van der Waals surface area contributed by atoms with Crippen molar-refractivity contribution in [2.45, 2.75) is 19.4 Å². The van der Waals surface area contributed by atoms with E-state index in [9.17, 15) is 9.59 Å². The van der Waals surface area contributed by atoms with Crippen LogP contribution in [0.1, 0.15) is 28.9 Å². The SMILES string of the molecule is O=C(OCc1nc2ccccc2c2ccccc12)C1CCCN(C(=O)c2ccc3[nH]ncc3c2)C1. The number of ether oxygens (including phenoxy) is 1. The molecule has 35 heavy (non-hydrogen) atoms. The van der Waals surface area contributed by atoms with Gasteiger partial charge >= 0.3 is 5.97 Å². The zero-order valence-electron chi connectivity index (χ0n) is 19.1. The molecule has 1 aliphatic rings. The molecule has 0 saturated carbocycles. The van der Waals surface area contributed by atoms with Gasteiger partial charge in [0, 0.05) is 34.8 Å². The first-order valence-corrected chi connectivity index (χ1v) is 11.8. The van der Waals surface area contributed by atoms with Gasteiger partial charge in [-0.2, -0.15) is 5.10 Å². The van der Waals surface area contributed by atoms with Gasteiger partial charge in [0.25, 0.3) is 5.91 Å². The van der Waals surface area contributed by atoms with Crippen LogP contribution in [0.2, 0.25) is 0 Å². The Kier molecular flexibility index (Phi) is 5.37. The van der Waals surface area contributed by atoms with Crippen LogP contribution in [0.15, 0.2) is 72.9 Å². The molecule has 0 aliphatic carbocycles. The largest absolute Gasteiger partial charge is 0.459 e. The molecule has 3 aromatic carbocycles. The quantitative estimate of drug-likeness (QED) is 0.303. The Hall–Kier alpha value is -4.26. The van der Waals surface area contributed by atoms with E-state index >= 15 is 0 Å². The van der Waals surface area contributed by atoms with Gasteiger partial charge in [0.15, 0.2) is 0 Å². The number of hydrogen-bond donors (Lipinski definition) is 1. The lowest BCUT2D eigenvalue weighted by molar-refractivity contribution is -0.151. The van der Waals surface area contributed by atoms with Crippen molar-refractivity contribution in [3.63, 3.8) is 0 Å². The third-order valence-electron chi connectivity index (χ3n) is 6.77. The third-order valence-corrected chi connectivity index (χ3v) is 6.77. The maximum absolute atomic E-state index is 13.1. The van der Waals surface area contributed by atoms with Crippen LogP contribution in [0, 0.1) is 5.92 Å². The normalized spacial score (nSPS) is 16.1. The molecule has 1 N–H and O–H groups in total. The highest BCUT2D eigenvalue weighted by Gasteiger charge is 2.30. The van der Waals surface area contributed by atoms with Gasteiger partial charge in [0.1, 0.15) is 6.61 Å². The predicted octanol–water partition coefficient (Wildman–Crippen LogP) is 4.86. The van der Waals surface area contributed by atoms with E-state index < -0.39 is 0 Å². The van der Waals surface area contributed by atoms with Gasteiger partial charge in [0.2, 0.25) is 0 Å². The average molecular weight is 465 g/mol. The highest BCUT2D eigenvalue weighted by atomic mass is 16.5. The standard InChI is InChI=1S/C28H24N4O3/c33-27(18-11-12-24-20(14-18)15-29-31-24)32-13-5-6-19(16-32)28(34)35-17-26-23-9-2-1-7-21(23)22-8-3-4-10-25(22)30-26/h1-4,7-12,14-15,19H,5-6,13,16-17H2,(H,29,31). The number of piperidine rings is 1. The number of rotatable bonds is 4. The molecule has 7 nitrogen and oxygen atoms in total. The molecule has 6 rings (SSSR count). The number of pyridine rings is 1. The maximum atomic E-state index is 13.1. The van der Waals surface area contributed by atoms with Crippen molar-refractivity contribution < 1.29 is 14.3 Å². The van der Waals surface area contributed by atoms with Crippen LogP contribution in [0.4, 0.5) is 0 Å². The molecule has 1 fully saturated rings. The maximum Gasteiger partial charge on any atom is 0.311 e. The summed E-state index contributed by atoms with van der Waals surface area (Å²) >= 11 is 0. The van der Waals surface area contributed by atoms with Crippen LogP contribution >= 0.6 is 0 Å². The van der Waals surface area contributed by atoms with E-state index in [0.29, 0.717) is 25.1 Å². The summed E-state index contributed by atoms with van der Waals surface area (Å²) < 4.78 is 5.75. The van der Waals surface area contributed by atoms with E-state index in [1.807, 2.05) is 48.5 Å². The number of H-pyrrole nitrogens is 1. The van der Waals surface area contributed by atoms with Gasteiger partial charge < -0.3 is 9.64 Å². The monoisotopic (exact) mass is 464 g/mol. The number of carbonyl (C=O) groups is 2. The summed E-state index contributed by atoms with van der Waals surface area (Å²) in [6.07, 6.45) is 3.17. The van der Waals surface area contributed by atoms with Gasteiger partial charge in [-0.05, 0) is 42.5 Å². The molecule has 1 atom stereocenters. The Morgan fingerprint density at radius 2 is 1.80 bits per heavy atom. The number of benzene rings is 3. The van der Waals surface area contributed by atoms with Crippen LogP contribution in [-0.4, -0.2) is 45.0 Å². The van der Waals surface area contributed by atoms with E-state index in [1.54, 1.807) is 17.2 Å². The Labute approximate surface area is 201 Å². The first kappa shape index (κ1) is 21.3. The smallest absolute Gasteiger partial charge is 0.311 e. The fourth-order valence-electron chi connectivity index (χ4n) is 4.95. The van der Waals surface area contributed by atoms with Crippen molar-refractivity contribution >= 4 is 44.5 Å². The molecule has 1 saturated heterocycles. The van der Waals surface area contributed by atoms with Gasteiger partial charge in [-0.1, -0.05) is 42.5 Å². The number of esters is 1. The summed E-state index contributed by atoms with van der Waals surface area (Å²) in [6.45, 7) is 1.08. The molecule has 2 aromatic heterocycles. The average Bonchev–Trinajstić information content (AvgIpc) is 3.39. The van der Waals surface area contributed by atoms with E-state index in [-0.39, 0.29) is 24.4 Å². The molecule has 1 amide bonds. The minimum Gasteiger partial charge on any atom is -0.459 e. The van der Waals surface area contributed by atoms with Gasteiger partial charge in [0.05, 0.1) is 28.8 Å². The summed E-state index contributed by atoms with van der Waals surface area (Å²) in [7, 11) is 0. The van der Waals surface area contributed by atoms with Crippen molar-refractivity contribution in [3.05, 3.63) is 84.2 Å². The Balaban J connectivity index is 1.17. The van der Waals surface area contributed by atoms with Crippen LogP contribution in [0.3, 0.4) is 0 Å². The molecule has 1 unspecified atom stereocenters. The first-order valence-electron chi connectivity index (χ1n) is 11.8. The van der Waals surface area contributed by atoms with Crippen LogP contribution in [0.5, 0.6) is 0 Å². The fraction of sp³-hybridized carbons (Fsp3) is 0.214. The lowest BCUT2D eigenvalue weighted by Gasteiger charge is -2.31. The van der Waals surface area contributed by atoms with Gasteiger partial charge in [-0.3, -0.25) is 14.7 Å². The van der Waals surface area contributed by atoms with Crippen molar-refractivity contribution in [3.8, 4) is 0 Å². The molecule has 3 heterocycles. The van der Waals surface area contributed by atoms with E-state index in [1.165, 1.54) is 0 Å². The van der Waals surface area contributed by atoms with Crippen molar-refractivity contribution in [1.82, 2.24) is 20.1 Å². The number of likely N-dealkylation sites (tertiary alicyclic amines) is 1. The number of aromatic amines is 1. The Morgan fingerprint density at radius 1 is 1.00 bits per heavy atom. The number of nitrogens with one attached hydrogen (secondary N) is 1.